The van der Waals surface area contributed by atoms with Crippen LogP contribution in [0.25, 0.3) is 10.8 Å². The zero-order chi connectivity index (χ0) is 17.2. The van der Waals surface area contributed by atoms with Gasteiger partial charge in [-0.15, -0.1) is 21.5 Å². The molecule has 0 bridgehead atoms. The van der Waals surface area contributed by atoms with E-state index in [1.165, 1.54) is 28.6 Å². The number of carbonyl (C=O) groups is 1. The molecule has 0 aliphatic heterocycles. The van der Waals surface area contributed by atoms with Crippen molar-refractivity contribution in [1.29, 1.82) is 0 Å². The average molecular weight is 370 g/mol. The molecule has 0 saturated carbocycles. The normalized spacial score (nSPS) is 16.6. The van der Waals surface area contributed by atoms with Crippen molar-refractivity contribution < 1.29 is 9.21 Å². The van der Waals surface area contributed by atoms with Gasteiger partial charge in [-0.1, -0.05) is 49.0 Å². The van der Waals surface area contributed by atoms with Crippen LogP contribution in [-0.2, 0) is 12.8 Å². The topological polar surface area (TPSA) is 56.0 Å². The van der Waals surface area contributed by atoms with E-state index in [1.807, 2.05) is 30.3 Å². The summed E-state index contributed by atoms with van der Waals surface area (Å²) in [7, 11) is 0. The maximum absolute atomic E-state index is 12.1. The fourth-order valence-electron chi connectivity index (χ4n) is 3.01. The number of carbonyl (C=O) groups excluding carboxylic acids is 1. The highest BCUT2D eigenvalue weighted by Gasteiger charge is 2.21. The summed E-state index contributed by atoms with van der Waals surface area (Å²) in [4.78, 5) is 14.6. The van der Waals surface area contributed by atoms with Crippen molar-refractivity contribution >= 4 is 28.9 Å². The number of thioether (sulfide) groups is 1. The summed E-state index contributed by atoms with van der Waals surface area (Å²) in [6, 6.07) is 11.4. The molecule has 128 valence electrons. The second kappa shape index (κ2) is 7.14. The van der Waals surface area contributed by atoms with E-state index < -0.39 is 0 Å². The molecule has 2 heterocycles. The number of rotatable bonds is 5. The number of thiophene rings is 1. The van der Waals surface area contributed by atoms with Crippen molar-refractivity contribution in [2.24, 2.45) is 5.92 Å². The van der Waals surface area contributed by atoms with E-state index in [2.05, 4.69) is 23.2 Å². The molecule has 0 N–H and O–H groups in total. The van der Waals surface area contributed by atoms with Gasteiger partial charge in [-0.25, -0.2) is 0 Å². The summed E-state index contributed by atoms with van der Waals surface area (Å²) < 4.78 is 5.76. The zero-order valence-corrected chi connectivity index (χ0v) is 15.5. The number of benzene rings is 1. The molecule has 25 heavy (non-hydrogen) atoms. The third-order valence-electron chi connectivity index (χ3n) is 4.37. The predicted octanol–water partition coefficient (Wildman–Crippen LogP) is 4.90. The molecule has 1 atom stereocenters. The SMILES string of the molecule is C[C@H]1CCc2sc(-c3nnc(SCC(=O)c4ccccc4)o3)cc2C1. The van der Waals surface area contributed by atoms with Crippen LogP contribution in [0.2, 0.25) is 0 Å². The van der Waals surface area contributed by atoms with Gasteiger partial charge < -0.3 is 4.42 Å². The number of aromatic nitrogens is 2. The Bertz CT molecular complexity index is 886. The molecule has 0 radical (unpaired) electrons. The van der Waals surface area contributed by atoms with Crippen LogP contribution in [0, 0.1) is 5.92 Å². The van der Waals surface area contributed by atoms with Gasteiger partial charge in [0.2, 0.25) is 0 Å². The molecule has 0 fully saturated rings. The van der Waals surface area contributed by atoms with E-state index >= 15 is 0 Å². The Kier molecular flexibility index (Phi) is 4.72. The lowest BCUT2D eigenvalue weighted by Crippen LogP contribution is -2.07. The van der Waals surface area contributed by atoms with Gasteiger partial charge in [0.15, 0.2) is 5.78 Å². The molecule has 0 amide bonds. The van der Waals surface area contributed by atoms with Gasteiger partial charge >= 0.3 is 0 Å². The van der Waals surface area contributed by atoms with Crippen LogP contribution >= 0.6 is 23.1 Å². The highest BCUT2D eigenvalue weighted by atomic mass is 32.2. The highest BCUT2D eigenvalue weighted by Crippen LogP contribution is 2.37. The number of aryl methyl sites for hydroxylation is 1. The number of Topliss-reactive ketones (excluding diaryl/α,β-unsaturated/α-hetero) is 1. The maximum atomic E-state index is 12.1. The Hall–Kier alpha value is -1.92. The molecule has 3 aromatic rings. The van der Waals surface area contributed by atoms with Crippen LogP contribution in [0.3, 0.4) is 0 Å². The first-order chi connectivity index (χ1) is 12.2. The minimum atomic E-state index is 0.0610. The quantitative estimate of drug-likeness (QED) is 0.472. The largest absolute Gasteiger partial charge is 0.410 e. The number of fused-ring (bicyclic) bond motifs is 1. The molecule has 0 unspecified atom stereocenters. The van der Waals surface area contributed by atoms with Gasteiger partial charge in [-0.05, 0) is 36.8 Å². The van der Waals surface area contributed by atoms with Crippen molar-refractivity contribution in [2.45, 2.75) is 31.4 Å². The number of hydrogen-bond donors (Lipinski definition) is 0. The Labute approximate surface area is 154 Å². The van der Waals surface area contributed by atoms with Crippen molar-refractivity contribution in [1.82, 2.24) is 10.2 Å². The Morgan fingerprint density at radius 3 is 3.00 bits per heavy atom. The van der Waals surface area contributed by atoms with Crippen molar-refractivity contribution in [3.63, 3.8) is 0 Å². The summed E-state index contributed by atoms with van der Waals surface area (Å²) in [5.74, 6) is 1.66. The van der Waals surface area contributed by atoms with E-state index in [-0.39, 0.29) is 5.78 Å². The summed E-state index contributed by atoms with van der Waals surface area (Å²) in [5, 5.41) is 8.68. The van der Waals surface area contributed by atoms with Crippen molar-refractivity contribution in [3.8, 4) is 10.8 Å². The number of ketones is 1. The lowest BCUT2D eigenvalue weighted by atomic mass is 9.90. The fourth-order valence-corrected chi connectivity index (χ4v) is 4.80. The average Bonchev–Trinajstić information content (AvgIpc) is 3.26. The van der Waals surface area contributed by atoms with Crippen molar-refractivity contribution in [3.05, 3.63) is 52.4 Å². The molecule has 0 spiro atoms. The van der Waals surface area contributed by atoms with Crippen LogP contribution in [0.15, 0.2) is 46.0 Å². The lowest BCUT2D eigenvalue weighted by molar-refractivity contribution is 0.102. The van der Waals surface area contributed by atoms with Gasteiger partial charge in [0.25, 0.3) is 11.1 Å². The molecule has 1 aliphatic rings. The molecule has 4 nitrogen and oxygen atoms in total. The van der Waals surface area contributed by atoms with Gasteiger partial charge in [0.1, 0.15) is 0 Å². The second-order valence-corrected chi connectivity index (χ2v) is 8.42. The minimum absolute atomic E-state index is 0.0610. The lowest BCUT2D eigenvalue weighted by Gasteiger charge is -2.16. The predicted molar refractivity (Wildman–Crippen MR) is 100 cm³/mol. The van der Waals surface area contributed by atoms with Gasteiger partial charge in [-0.2, -0.15) is 0 Å². The third kappa shape index (κ3) is 3.70. The van der Waals surface area contributed by atoms with E-state index in [1.54, 1.807) is 11.3 Å². The Morgan fingerprint density at radius 2 is 2.16 bits per heavy atom. The van der Waals surface area contributed by atoms with Crippen LogP contribution in [0.4, 0.5) is 0 Å². The van der Waals surface area contributed by atoms with Crippen LogP contribution in [0.1, 0.15) is 34.1 Å². The van der Waals surface area contributed by atoms with Crippen LogP contribution in [-0.4, -0.2) is 21.7 Å². The molecule has 4 rings (SSSR count). The zero-order valence-electron chi connectivity index (χ0n) is 13.9. The molecule has 2 aromatic heterocycles. The van der Waals surface area contributed by atoms with Crippen LogP contribution in [0.5, 0.6) is 0 Å². The van der Waals surface area contributed by atoms with E-state index in [0.717, 1.165) is 23.6 Å². The highest BCUT2D eigenvalue weighted by molar-refractivity contribution is 7.99. The minimum Gasteiger partial charge on any atom is -0.410 e. The standard InChI is InChI=1S/C19H18N2O2S2/c1-12-7-8-16-14(9-12)10-17(25-16)18-20-21-19(23-18)24-11-15(22)13-5-3-2-4-6-13/h2-6,10,12H,7-9,11H2,1H3/t12-/m0/s1. The smallest absolute Gasteiger partial charge is 0.277 e. The van der Waals surface area contributed by atoms with E-state index in [9.17, 15) is 4.79 Å². The van der Waals surface area contributed by atoms with Gasteiger partial charge in [0, 0.05) is 10.4 Å². The Morgan fingerprint density at radius 1 is 1.32 bits per heavy atom. The molecule has 6 heteroatoms. The van der Waals surface area contributed by atoms with Crippen LogP contribution < -0.4 is 0 Å². The summed E-state index contributed by atoms with van der Waals surface area (Å²) in [6.07, 6.45) is 3.52. The van der Waals surface area contributed by atoms with E-state index in [4.69, 9.17) is 4.42 Å². The molecular weight excluding hydrogens is 352 g/mol. The fraction of sp³-hybridized carbons (Fsp3) is 0.316. The molecule has 1 aromatic carbocycles. The monoisotopic (exact) mass is 370 g/mol. The third-order valence-corrected chi connectivity index (χ3v) is 6.41. The molecular formula is C19H18N2O2S2. The first-order valence-electron chi connectivity index (χ1n) is 8.35. The second-order valence-electron chi connectivity index (χ2n) is 6.36. The maximum Gasteiger partial charge on any atom is 0.277 e. The Balaban J connectivity index is 1.43. The number of nitrogens with zero attached hydrogens (tertiary/aromatic N) is 2. The summed E-state index contributed by atoms with van der Waals surface area (Å²) in [6.45, 7) is 2.30. The molecule has 1 aliphatic carbocycles. The van der Waals surface area contributed by atoms with Gasteiger partial charge in [-0.3, -0.25) is 4.79 Å². The summed E-state index contributed by atoms with van der Waals surface area (Å²) in [5.41, 5.74) is 2.13. The first-order valence-corrected chi connectivity index (χ1v) is 10.2. The van der Waals surface area contributed by atoms with Crippen molar-refractivity contribution in [2.75, 3.05) is 5.75 Å². The first kappa shape index (κ1) is 16.5. The summed E-state index contributed by atoms with van der Waals surface area (Å²) >= 11 is 3.04. The number of hydrogen-bond acceptors (Lipinski definition) is 6. The van der Waals surface area contributed by atoms with E-state index in [0.29, 0.717) is 22.4 Å². The molecule has 0 saturated heterocycles. The van der Waals surface area contributed by atoms with Gasteiger partial charge in [0.05, 0.1) is 10.6 Å².